The lowest BCUT2D eigenvalue weighted by Crippen LogP contribution is -2.44. The second-order valence-electron chi connectivity index (χ2n) is 5.60. The first-order valence-electron chi connectivity index (χ1n) is 7.13. The molecular weight excluding hydrogens is 238 g/mol. The molecule has 3 rings (SSSR count). The number of nitrogens with one attached hydrogen (secondary N) is 2. The van der Waals surface area contributed by atoms with Crippen molar-refractivity contribution < 1.29 is 4.79 Å². The van der Waals surface area contributed by atoms with Crippen LogP contribution >= 0.6 is 0 Å². The van der Waals surface area contributed by atoms with Gasteiger partial charge in [0.05, 0.1) is 0 Å². The van der Waals surface area contributed by atoms with Crippen LogP contribution in [-0.2, 0) is 6.54 Å². The monoisotopic (exact) mass is 259 g/mol. The van der Waals surface area contributed by atoms with Gasteiger partial charge < -0.3 is 10.6 Å². The standard InChI is InChI=1S/C15H21N3O/c19-15(16-13-6-7-13)17-14-8-9-18(11-14)10-12-4-2-1-3-5-12/h1-5,13-14H,6-11H2,(H2,16,17,19). The van der Waals surface area contributed by atoms with Crippen LogP contribution in [0.1, 0.15) is 24.8 Å². The molecule has 102 valence electrons. The van der Waals surface area contributed by atoms with Crippen LogP contribution in [0.25, 0.3) is 0 Å². The van der Waals surface area contributed by atoms with E-state index in [2.05, 4.69) is 39.8 Å². The number of carbonyl (C=O) groups excluding carboxylic acids is 1. The largest absolute Gasteiger partial charge is 0.335 e. The van der Waals surface area contributed by atoms with Gasteiger partial charge in [-0.25, -0.2) is 4.79 Å². The Balaban J connectivity index is 1.43. The lowest BCUT2D eigenvalue weighted by Gasteiger charge is -2.17. The summed E-state index contributed by atoms with van der Waals surface area (Å²) in [4.78, 5) is 14.1. The van der Waals surface area contributed by atoms with E-state index in [-0.39, 0.29) is 6.03 Å². The molecule has 0 radical (unpaired) electrons. The summed E-state index contributed by atoms with van der Waals surface area (Å²) in [5.74, 6) is 0. The number of carbonyl (C=O) groups is 1. The zero-order valence-corrected chi connectivity index (χ0v) is 11.1. The molecule has 1 aromatic rings. The van der Waals surface area contributed by atoms with Gasteiger partial charge >= 0.3 is 6.03 Å². The minimum atomic E-state index is 0.00839. The number of benzene rings is 1. The number of amides is 2. The zero-order chi connectivity index (χ0) is 13.1. The van der Waals surface area contributed by atoms with Gasteiger partial charge in [-0.05, 0) is 24.8 Å². The summed E-state index contributed by atoms with van der Waals surface area (Å²) in [7, 11) is 0. The van der Waals surface area contributed by atoms with E-state index in [9.17, 15) is 4.79 Å². The number of hydrogen-bond acceptors (Lipinski definition) is 2. The Morgan fingerprint density at radius 1 is 1.11 bits per heavy atom. The smallest absolute Gasteiger partial charge is 0.315 e. The minimum absolute atomic E-state index is 0.00839. The van der Waals surface area contributed by atoms with Crippen molar-refractivity contribution in [2.24, 2.45) is 0 Å². The third kappa shape index (κ3) is 3.70. The first-order valence-corrected chi connectivity index (χ1v) is 7.13. The average Bonchev–Trinajstić information content (AvgIpc) is 3.11. The quantitative estimate of drug-likeness (QED) is 0.865. The minimum Gasteiger partial charge on any atom is -0.335 e. The first kappa shape index (κ1) is 12.5. The molecule has 4 nitrogen and oxygen atoms in total. The summed E-state index contributed by atoms with van der Waals surface area (Å²) in [6.07, 6.45) is 3.32. The zero-order valence-electron chi connectivity index (χ0n) is 11.1. The third-order valence-corrected chi connectivity index (χ3v) is 3.77. The maximum atomic E-state index is 11.7. The number of nitrogens with zero attached hydrogens (tertiary/aromatic N) is 1. The van der Waals surface area contributed by atoms with Crippen molar-refractivity contribution in [1.82, 2.24) is 15.5 Å². The van der Waals surface area contributed by atoms with E-state index in [1.165, 1.54) is 5.56 Å². The second-order valence-corrected chi connectivity index (χ2v) is 5.60. The van der Waals surface area contributed by atoms with Crippen molar-refractivity contribution in [3.63, 3.8) is 0 Å². The Hall–Kier alpha value is -1.55. The van der Waals surface area contributed by atoms with E-state index in [1.54, 1.807) is 0 Å². The van der Waals surface area contributed by atoms with Crippen molar-refractivity contribution in [2.75, 3.05) is 13.1 Å². The molecule has 2 aliphatic rings. The molecule has 2 N–H and O–H groups in total. The van der Waals surface area contributed by atoms with Crippen LogP contribution in [0.2, 0.25) is 0 Å². The van der Waals surface area contributed by atoms with E-state index < -0.39 is 0 Å². The topological polar surface area (TPSA) is 44.4 Å². The van der Waals surface area contributed by atoms with Crippen molar-refractivity contribution in [2.45, 2.75) is 37.9 Å². The first-order chi connectivity index (χ1) is 9.29. The number of likely N-dealkylation sites (tertiary alicyclic amines) is 1. The van der Waals surface area contributed by atoms with Crippen LogP contribution in [0.15, 0.2) is 30.3 Å². The molecule has 2 fully saturated rings. The molecule has 1 aliphatic heterocycles. The Labute approximate surface area is 114 Å². The highest BCUT2D eigenvalue weighted by atomic mass is 16.2. The fourth-order valence-electron chi connectivity index (χ4n) is 2.58. The van der Waals surface area contributed by atoms with Gasteiger partial charge in [0.1, 0.15) is 0 Å². The van der Waals surface area contributed by atoms with Crippen LogP contribution in [-0.4, -0.2) is 36.1 Å². The molecule has 0 spiro atoms. The van der Waals surface area contributed by atoms with Gasteiger partial charge in [0.25, 0.3) is 0 Å². The Bertz CT molecular complexity index is 430. The van der Waals surface area contributed by atoms with E-state index >= 15 is 0 Å². The van der Waals surface area contributed by atoms with Gasteiger partial charge in [0.2, 0.25) is 0 Å². The Morgan fingerprint density at radius 2 is 1.84 bits per heavy atom. The Morgan fingerprint density at radius 3 is 2.58 bits per heavy atom. The molecule has 19 heavy (non-hydrogen) atoms. The van der Waals surface area contributed by atoms with E-state index in [0.29, 0.717) is 12.1 Å². The molecule has 0 bridgehead atoms. The summed E-state index contributed by atoms with van der Waals surface area (Å²) in [6, 6.07) is 11.2. The van der Waals surface area contributed by atoms with Crippen LogP contribution in [0.3, 0.4) is 0 Å². The van der Waals surface area contributed by atoms with E-state index in [4.69, 9.17) is 0 Å². The van der Waals surface area contributed by atoms with Gasteiger partial charge in [0, 0.05) is 31.7 Å². The highest BCUT2D eigenvalue weighted by Gasteiger charge is 2.27. The van der Waals surface area contributed by atoms with Crippen LogP contribution < -0.4 is 10.6 Å². The molecule has 1 heterocycles. The summed E-state index contributed by atoms with van der Waals surface area (Å²) in [6.45, 7) is 2.99. The highest BCUT2D eigenvalue weighted by Crippen LogP contribution is 2.18. The molecule has 1 aliphatic carbocycles. The predicted molar refractivity (Wildman–Crippen MR) is 74.8 cm³/mol. The van der Waals surface area contributed by atoms with Gasteiger partial charge in [-0.2, -0.15) is 0 Å². The van der Waals surface area contributed by atoms with Gasteiger partial charge in [-0.15, -0.1) is 0 Å². The SMILES string of the molecule is O=C(NC1CC1)NC1CCN(Cc2ccccc2)C1. The van der Waals surface area contributed by atoms with Crippen molar-refractivity contribution in [3.05, 3.63) is 35.9 Å². The van der Waals surface area contributed by atoms with Crippen LogP contribution in [0, 0.1) is 0 Å². The van der Waals surface area contributed by atoms with E-state index in [0.717, 1.165) is 38.9 Å². The summed E-state index contributed by atoms with van der Waals surface area (Å²) in [5, 5.41) is 6.05. The fourth-order valence-corrected chi connectivity index (χ4v) is 2.58. The van der Waals surface area contributed by atoms with Crippen molar-refractivity contribution in [1.29, 1.82) is 0 Å². The Kier molecular flexibility index (Phi) is 3.69. The number of urea groups is 1. The van der Waals surface area contributed by atoms with Crippen LogP contribution in [0.4, 0.5) is 4.79 Å². The van der Waals surface area contributed by atoms with Gasteiger partial charge in [-0.1, -0.05) is 30.3 Å². The normalized spacial score (nSPS) is 23.3. The summed E-state index contributed by atoms with van der Waals surface area (Å²) in [5.41, 5.74) is 1.34. The molecule has 1 aromatic carbocycles. The maximum Gasteiger partial charge on any atom is 0.315 e. The average molecular weight is 259 g/mol. The summed E-state index contributed by atoms with van der Waals surface area (Å²) < 4.78 is 0. The molecule has 4 heteroatoms. The second kappa shape index (κ2) is 5.61. The molecule has 0 aromatic heterocycles. The highest BCUT2D eigenvalue weighted by molar-refractivity contribution is 5.74. The maximum absolute atomic E-state index is 11.7. The molecule has 1 saturated carbocycles. The molecule has 1 atom stereocenters. The van der Waals surface area contributed by atoms with Crippen LogP contribution in [0.5, 0.6) is 0 Å². The molecule has 1 unspecified atom stereocenters. The number of hydrogen-bond donors (Lipinski definition) is 2. The van der Waals surface area contributed by atoms with Crippen molar-refractivity contribution in [3.8, 4) is 0 Å². The lowest BCUT2D eigenvalue weighted by molar-refractivity contribution is 0.235. The third-order valence-electron chi connectivity index (χ3n) is 3.77. The van der Waals surface area contributed by atoms with E-state index in [1.807, 2.05) is 6.07 Å². The predicted octanol–water partition coefficient (Wildman–Crippen LogP) is 1.72. The molecule has 2 amide bonds. The van der Waals surface area contributed by atoms with Crippen molar-refractivity contribution >= 4 is 6.03 Å². The fraction of sp³-hybridized carbons (Fsp3) is 0.533. The van der Waals surface area contributed by atoms with Gasteiger partial charge in [-0.3, -0.25) is 4.90 Å². The number of rotatable bonds is 4. The lowest BCUT2D eigenvalue weighted by atomic mass is 10.2. The molecule has 1 saturated heterocycles. The summed E-state index contributed by atoms with van der Waals surface area (Å²) >= 11 is 0. The van der Waals surface area contributed by atoms with Gasteiger partial charge in [0.15, 0.2) is 0 Å². The molecular formula is C15H21N3O.